The van der Waals surface area contributed by atoms with E-state index >= 15 is 0 Å². The lowest BCUT2D eigenvalue weighted by molar-refractivity contribution is 0.0665. The fourth-order valence-corrected chi connectivity index (χ4v) is 3.71. The van der Waals surface area contributed by atoms with E-state index in [-0.39, 0.29) is 11.9 Å². The smallest absolute Gasteiger partial charge is 0.317 e. The van der Waals surface area contributed by atoms with Crippen LogP contribution in [-0.2, 0) is 0 Å². The number of aromatic nitrogens is 2. The Hall–Kier alpha value is -3.65. The van der Waals surface area contributed by atoms with Crippen molar-refractivity contribution in [2.24, 2.45) is 0 Å². The second-order valence-corrected chi connectivity index (χ2v) is 8.03. The maximum Gasteiger partial charge on any atom is 0.317 e. The van der Waals surface area contributed by atoms with E-state index in [1.165, 1.54) is 0 Å². The standard InChI is InChI=1S/C24H25ClN6O2/c1-2-26-24(33)31-15-13-30(14-16-31)22(32)18-5-9-20(10-6-18)28-23-27-12-11-21(29-23)17-3-7-19(25)8-4-17/h3-12H,2,13-16H2,1H3,(H,26,33)(H,27,28,29). The van der Waals surface area contributed by atoms with Crippen molar-refractivity contribution in [2.45, 2.75) is 6.92 Å². The third-order valence-electron chi connectivity index (χ3n) is 5.37. The normalized spacial score (nSPS) is 13.5. The molecule has 1 fully saturated rings. The summed E-state index contributed by atoms with van der Waals surface area (Å²) < 4.78 is 0. The predicted molar refractivity (Wildman–Crippen MR) is 129 cm³/mol. The van der Waals surface area contributed by atoms with Gasteiger partial charge in [-0.2, -0.15) is 0 Å². The van der Waals surface area contributed by atoms with Gasteiger partial charge >= 0.3 is 6.03 Å². The minimum atomic E-state index is -0.0811. The second kappa shape index (κ2) is 10.3. The van der Waals surface area contributed by atoms with Crippen LogP contribution >= 0.6 is 11.6 Å². The topological polar surface area (TPSA) is 90.5 Å². The van der Waals surface area contributed by atoms with E-state index in [2.05, 4.69) is 20.6 Å². The zero-order chi connectivity index (χ0) is 23.2. The van der Waals surface area contributed by atoms with Crippen molar-refractivity contribution in [3.05, 3.63) is 71.4 Å². The highest BCUT2D eigenvalue weighted by molar-refractivity contribution is 6.30. The van der Waals surface area contributed by atoms with Crippen LogP contribution in [0.5, 0.6) is 0 Å². The Morgan fingerprint density at radius 1 is 0.939 bits per heavy atom. The first kappa shape index (κ1) is 22.5. The molecule has 170 valence electrons. The number of benzene rings is 2. The zero-order valence-corrected chi connectivity index (χ0v) is 19.0. The fraction of sp³-hybridized carbons (Fsp3) is 0.250. The van der Waals surface area contributed by atoms with Gasteiger partial charge in [0.2, 0.25) is 5.95 Å². The maximum absolute atomic E-state index is 12.8. The molecule has 8 nitrogen and oxygen atoms in total. The lowest BCUT2D eigenvalue weighted by atomic mass is 10.1. The first-order valence-corrected chi connectivity index (χ1v) is 11.2. The molecule has 1 saturated heterocycles. The minimum Gasteiger partial charge on any atom is -0.338 e. The number of carbonyl (C=O) groups excluding carboxylic acids is 2. The molecule has 9 heteroatoms. The number of nitrogens with one attached hydrogen (secondary N) is 2. The molecule has 0 atom stereocenters. The molecular formula is C24H25ClN6O2. The molecule has 0 spiro atoms. The number of anilines is 2. The van der Waals surface area contributed by atoms with Gasteiger partial charge in [-0.3, -0.25) is 4.79 Å². The Labute approximate surface area is 197 Å². The van der Waals surface area contributed by atoms with Crippen molar-refractivity contribution in [1.82, 2.24) is 25.1 Å². The summed E-state index contributed by atoms with van der Waals surface area (Å²) in [6.45, 7) is 4.56. The van der Waals surface area contributed by atoms with Crippen LogP contribution in [-0.4, -0.2) is 64.4 Å². The molecule has 2 N–H and O–H groups in total. The van der Waals surface area contributed by atoms with E-state index in [0.717, 1.165) is 16.9 Å². The summed E-state index contributed by atoms with van der Waals surface area (Å²) in [5.74, 6) is 0.418. The molecule has 0 radical (unpaired) electrons. The number of amides is 3. The average molecular weight is 465 g/mol. The van der Waals surface area contributed by atoms with Crippen LogP contribution in [0.25, 0.3) is 11.3 Å². The Kier molecular flexibility index (Phi) is 7.04. The largest absolute Gasteiger partial charge is 0.338 e. The second-order valence-electron chi connectivity index (χ2n) is 7.59. The SMILES string of the molecule is CCNC(=O)N1CCN(C(=O)c2ccc(Nc3nccc(-c4ccc(Cl)cc4)n3)cc2)CC1. The van der Waals surface area contributed by atoms with Gasteiger partial charge in [0.25, 0.3) is 5.91 Å². The Morgan fingerprint density at radius 2 is 1.61 bits per heavy atom. The van der Waals surface area contributed by atoms with Gasteiger partial charge in [-0.25, -0.2) is 14.8 Å². The molecule has 1 aromatic heterocycles. The molecule has 0 bridgehead atoms. The van der Waals surface area contributed by atoms with Crippen LogP contribution < -0.4 is 10.6 Å². The zero-order valence-electron chi connectivity index (χ0n) is 18.3. The maximum atomic E-state index is 12.8. The Balaban J connectivity index is 1.37. The average Bonchev–Trinajstić information content (AvgIpc) is 2.85. The number of piperazine rings is 1. The van der Waals surface area contributed by atoms with Gasteiger partial charge in [0, 0.05) is 60.8 Å². The van der Waals surface area contributed by atoms with Crippen molar-refractivity contribution >= 4 is 35.2 Å². The predicted octanol–water partition coefficient (Wildman–Crippen LogP) is 4.03. The monoisotopic (exact) mass is 464 g/mol. The lowest BCUT2D eigenvalue weighted by Gasteiger charge is -2.34. The summed E-state index contributed by atoms with van der Waals surface area (Å²) in [6.07, 6.45) is 1.69. The number of halogens is 1. The van der Waals surface area contributed by atoms with Crippen molar-refractivity contribution in [3.63, 3.8) is 0 Å². The molecule has 33 heavy (non-hydrogen) atoms. The summed E-state index contributed by atoms with van der Waals surface area (Å²) in [7, 11) is 0. The molecule has 2 heterocycles. The summed E-state index contributed by atoms with van der Waals surface area (Å²) in [5, 5.41) is 6.64. The van der Waals surface area contributed by atoms with Crippen LogP contribution in [0, 0.1) is 0 Å². The van der Waals surface area contributed by atoms with Gasteiger partial charge in [0.15, 0.2) is 0 Å². The summed E-state index contributed by atoms with van der Waals surface area (Å²) in [4.78, 5) is 37.1. The van der Waals surface area contributed by atoms with Crippen LogP contribution in [0.4, 0.5) is 16.4 Å². The molecule has 0 aliphatic carbocycles. The number of urea groups is 1. The molecule has 1 aliphatic rings. The number of nitrogens with zero attached hydrogens (tertiary/aromatic N) is 4. The number of rotatable bonds is 5. The van der Waals surface area contributed by atoms with E-state index < -0.39 is 0 Å². The third-order valence-corrected chi connectivity index (χ3v) is 5.62. The van der Waals surface area contributed by atoms with Gasteiger partial charge in [-0.05, 0) is 49.4 Å². The van der Waals surface area contributed by atoms with Crippen LogP contribution in [0.3, 0.4) is 0 Å². The van der Waals surface area contributed by atoms with Crippen molar-refractivity contribution in [3.8, 4) is 11.3 Å². The van der Waals surface area contributed by atoms with Gasteiger partial charge in [0.1, 0.15) is 0 Å². The van der Waals surface area contributed by atoms with Gasteiger partial charge < -0.3 is 20.4 Å². The van der Waals surface area contributed by atoms with E-state index in [0.29, 0.717) is 49.3 Å². The summed E-state index contributed by atoms with van der Waals surface area (Å²) in [5.41, 5.74) is 3.10. The summed E-state index contributed by atoms with van der Waals surface area (Å²) in [6, 6.07) is 16.4. The fourth-order valence-electron chi connectivity index (χ4n) is 3.58. The van der Waals surface area contributed by atoms with E-state index in [4.69, 9.17) is 11.6 Å². The minimum absolute atomic E-state index is 0.0434. The van der Waals surface area contributed by atoms with Crippen LogP contribution in [0.15, 0.2) is 60.8 Å². The van der Waals surface area contributed by atoms with Crippen LogP contribution in [0.1, 0.15) is 17.3 Å². The highest BCUT2D eigenvalue weighted by Gasteiger charge is 2.24. The Morgan fingerprint density at radius 3 is 2.27 bits per heavy atom. The van der Waals surface area contributed by atoms with Crippen molar-refractivity contribution in [2.75, 3.05) is 38.0 Å². The molecule has 3 amide bonds. The van der Waals surface area contributed by atoms with E-state index in [9.17, 15) is 9.59 Å². The highest BCUT2D eigenvalue weighted by Crippen LogP contribution is 2.22. The van der Waals surface area contributed by atoms with Gasteiger partial charge in [-0.15, -0.1) is 0 Å². The first-order chi connectivity index (χ1) is 16.0. The van der Waals surface area contributed by atoms with Gasteiger partial charge in [0.05, 0.1) is 5.69 Å². The Bertz CT molecular complexity index is 1110. The third kappa shape index (κ3) is 5.59. The molecule has 4 rings (SSSR count). The van der Waals surface area contributed by atoms with E-state index in [1.54, 1.807) is 28.1 Å². The van der Waals surface area contributed by atoms with Gasteiger partial charge in [-0.1, -0.05) is 23.7 Å². The van der Waals surface area contributed by atoms with Crippen LogP contribution in [0.2, 0.25) is 5.02 Å². The number of hydrogen-bond donors (Lipinski definition) is 2. The molecule has 3 aromatic rings. The highest BCUT2D eigenvalue weighted by atomic mass is 35.5. The summed E-state index contributed by atoms with van der Waals surface area (Å²) >= 11 is 5.96. The molecule has 0 unspecified atom stereocenters. The molecule has 2 aromatic carbocycles. The molecular weight excluding hydrogens is 440 g/mol. The number of hydrogen-bond acceptors (Lipinski definition) is 5. The van der Waals surface area contributed by atoms with Crippen molar-refractivity contribution in [1.29, 1.82) is 0 Å². The first-order valence-electron chi connectivity index (χ1n) is 10.8. The molecule has 0 saturated carbocycles. The van der Waals surface area contributed by atoms with Crippen molar-refractivity contribution < 1.29 is 9.59 Å². The lowest BCUT2D eigenvalue weighted by Crippen LogP contribution is -2.53. The number of carbonyl (C=O) groups is 2. The molecule has 1 aliphatic heterocycles. The quantitative estimate of drug-likeness (QED) is 0.595. The van der Waals surface area contributed by atoms with E-state index in [1.807, 2.05) is 49.4 Å².